The van der Waals surface area contributed by atoms with Crippen molar-refractivity contribution in [3.63, 3.8) is 0 Å². The molecule has 2 aromatic carbocycles. The molecule has 3 rings (SSSR count). The van der Waals surface area contributed by atoms with Crippen molar-refractivity contribution in [2.24, 2.45) is 0 Å². The summed E-state index contributed by atoms with van der Waals surface area (Å²) in [6.45, 7) is 35.7. The highest BCUT2D eigenvalue weighted by Gasteiger charge is 2.47. The molecule has 0 amide bonds. The lowest BCUT2D eigenvalue weighted by atomic mass is 9.75. The first-order chi connectivity index (χ1) is 23.2. The van der Waals surface area contributed by atoms with Crippen LogP contribution in [0.15, 0.2) is 57.1 Å². The third kappa shape index (κ3) is 11.7. The van der Waals surface area contributed by atoms with Crippen molar-refractivity contribution in [3.8, 4) is 0 Å². The zero-order chi connectivity index (χ0) is 37.8. The first-order valence-electron chi connectivity index (χ1n) is 18.0. The molecule has 0 radical (unpaired) electrons. The first kappa shape index (κ1) is 44.8. The van der Waals surface area contributed by atoms with E-state index in [9.17, 15) is 5.11 Å². The summed E-state index contributed by atoms with van der Waals surface area (Å²) >= 11 is 14.8. The molecule has 10 heteroatoms. The van der Waals surface area contributed by atoms with Crippen molar-refractivity contribution in [2.75, 3.05) is 0 Å². The Kier molecular flexibility index (Phi) is 17.8. The normalized spacial score (nSPS) is 15.5. The Morgan fingerprint density at radius 1 is 0.440 bits per heavy atom. The predicted octanol–water partition coefficient (Wildman–Crippen LogP) is 15.3. The molecule has 0 fully saturated rings. The maximum atomic E-state index is 15.2. The molecule has 0 aromatic heterocycles. The van der Waals surface area contributed by atoms with Crippen LogP contribution in [0.3, 0.4) is 0 Å². The van der Waals surface area contributed by atoms with E-state index >= 15 is 4.79 Å². The van der Waals surface area contributed by atoms with E-state index in [2.05, 4.69) is 123 Å². The Hall–Kier alpha value is 0.450. The first-order valence-corrected chi connectivity index (χ1v) is 25.0. The smallest absolute Gasteiger partial charge is 0.182 e. The lowest BCUT2D eigenvalue weighted by Crippen LogP contribution is -2.31. The molecule has 2 aromatic rings. The summed E-state index contributed by atoms with van der Waals surface area (Å²) in [6.07, 6.45) is 0. The van der Waals surface area contributed by atoms with Gasteiger partial charge in [-0.05, 0) is 17.7 Å². The molecule has 1 atom stereocenters. The number of hydrogen-bond donors (Lipinski definition) is 1. The Morgan fingerprint density at radius 2 is 0.700 bits per heavy atom. The van der Waals surface area contributed by atoms with Gasteiger partial charge < -0.3 is 5.11 Å². The lowest BCUT2D eigenvalue weighted by Gasteiger charge is -2.36. The topological polar surface area (TPSA) is 37.3 Å². The molecule has 1 N–H and O–H groups in total. The lowest BCUT2D eigenvalue weighted by molar-refractivity contribution is -0.116. The van der Waals surface area contributed by atoms with E-state index < -0.39 is 5.92 Å². The number of aliphatic hydroxyl groups excluding tert-OH is 1. The van der Waals surface area contributed by atoms with Gasteiger partial charge >= 0.3 is 0 Å². The minimum atomic E-state index is -0.678. The van der Waals surface area contributed by atoms with Gasteiger partial charge in [0, 0.05) is 86.7 Å². The zero-order valence-electron chi connectivity index (χ0n) is 33.0. The van der Waals surface area contributed by atoms with Crippen LogP contribution in [0, 0.1) is 0 Å². The van der Waals surface area contributed by atoms with E-state index in [0.29, 0.717) is 47.6 Å². The number of rotatable bonds is 18. The van der Waals surface area contributed by atoms with E-state index in [1.165, 1.54) is 19.6 Å². The fraction of sp³-hybridized carbons (Fsp3) is 0.625. The molecule has 1 aliphatic rings. The Labute approximate surface area is 339 Å². The van der Waals surface area contributed by atoms with Crippen molar-refractivity contribution in [1.82, 2.24) is 0 Å². The second-order valence-corrected chi connectivity index (χ2v) is 27.6. The van der Waals surface area contributed by atoms with Gasteiger partial charge in [-0.2, -0.15) is 0 Å². The molecular formula is C40H60O2S8. The summed E-state index contributed by atoms with van der Waals surface area (Å²) in [5, 5.41) is 15.4. The number of carbonyl (C=O) groups excluding carboxylic acids is 1. The summed E-state index contributed by atoms with van der Waals surface area (Å²) in [4.78, 5) is 24.6. The zero-order valence-corrected chi connectivity index (χ0v) is 39.5. The van der Waals surface area contributed by atoms with Gasteiger partial charge in [0.15, 0.2) is 5.78 Å². The Balaban J connectivity index is 2.54. The third-order valence-electron chi connectivity index (χ3n) is 6.80. The second kappa shape index (κ2) is 19.9. The average molecular weight is 829 g/mol. The molecule has 0 saturated carbocycles. The molecule has 50 heavy (non-hydrogen) atoms. The van der Waals surface area contributed by atoms with Gasteiger partial charge in [-0.3, -0.25) is 4.79 Å². The van der Waals surface area contributed by atoms with E-state index in [4.69, 9.17) is 0 Å². The quantitative estimate of drug-likeness (QED) is 0.147. The van der Waals surface area contributed by atoms with Crippen molar-refractivity contribution in [2.45, 2.75) is 198 Å². The third-order valence-corrected chi connectivity index (χ3v) is 16.1. The average Bonchev–Trinajstić information content (AvgIpc) is 2.94. The number of allylic oxidation sites excluding steroid dienone is 2. The van der Waals surface area contributed by atoms with Crippen LogP contribution in [0.25, 0.3) is 5.57 Å². The molecule has 0 saturated heterocycles. The maximum absolute atomic E-state index is 15.2. The fourth-order valence-corrected chi connectivity index (χ4v) is 14.5. The van der Waals surface area contributed by atoms with E-state index in [1.54, 1.807) is 0 Å². The molecule has 280 valence electrons. The minimum absolute atomic E-state index is 0.0503. The number of ketones is 1. The van der Waals surface area contributed by atoms with E-state index in [-0.39, 0.29) is 11.5 Å². The molecule has 1 unspecified atom stereocenters. The van der Waals surface area contributed by atoms with Crippen molar-refractivity contribution < 1.29 is 9.90 Å². The monoisotopic (exact) mass is 828 g/mol. The van der Waals surface area contributed by atoms with Gasteiger partial charge in [-0.15, -0.1) is 94.1 Å². The van der Waals surface area contributed by atoms with Crippen LogP contribution in [0.4, 0.5) is 0 Å². The van der Waals surface area contributed by atoms with Crippen LogP contribution >= 0.6 is 94.1 Å². The van der Waals surface area contributed by atoms with Crippen molar-refractivity contribution >= 4 is 105 Å². The number of benzene rings is 2. The predicted molar refractivity (Wildman–Crippen MR) is 238 cm³/mol. The highest BCUT2D eigenvalue weighted by Crippen LogP contribution is 2.58. The van der Waals surface area contributed by atoms with Gasteiger partial charge in [0.05, 0.1) is 5.57 Å². The number of carbonyl (C=O) groups is 1. The maximum Gasteiger partial charge on any atom is 0.182 e. The molecule has 0 bridgehead atoms. The van der Waals surface area contributed by atoms with Crippen molar-refractivity contribution in [1.29, 1.82) is 0 Å². The van der Waals surface area contributed by atoms with Crippen LogP contribution in [0.1, 0.15) is 128 Å². The molecular weight excluding hydrogens is 769 g/mol. The highest BCUT2D eigenvalue weighted by atomic mass is 32.2. The number of hydrogen-bond acceptors (Lipinski definition) is 10. The van der Waals surface area contributed by atoms with Gasteiger partial charge in [0.25, 0.3) is 0 Å². The molecule has 1 aliphatic carbocycles. The van der Waals surface area contributed by atoms with Crippen LogP contribution in [-0.4, -0.2) is 52.9 Å². The summed E-state index contributed by atoms with van der Waals surface area (Å²) < 4.78 is 0. The largest absolute Gasteiger partial charge is 0.510 e. The number of Topliss-reactive ketones (excluding diaryl/α,β-unsaturated/α-hetero) is 1. The highest BCUT2D eigenvalue weighted by molar-refractivity contribution is 8.05. The van der Waals surface area contributed by atoms with Crippen LogP contribution < -0.4 is 0 Å². The Bertz CT molecular complexity index is 1440. The molecule has 0 heterocycles. The van der Waals surface area contributed by atoms with Gasteiger partial charge in [0.2, 0.25) is 0 Å². The van der Waals surface area contributed by atoms with Gasteiger partial charge in [-0.1, -0.05) is 111 Å². The van der Waals surface area contributed by atoms with Crippen LogP contribution in [0.5, 0.6) is 0 Å². The van der Waals surface area contributed by atoms with Gasteiger partial charge in [-0.25, -0.2) is 0 Å². The standard InChI is InChI=1S/C40H60O2S8/c1-19(2)43-27-17-28(44-20(3)4)38(48-24(11)12)33(37(27)47-23(9)10)31-35(41)32(36(31)42)34-39(49-25(13)14)29(45-21(5)6)18-30(46-22(7)8)40(34)50-26(15)16/h17-26,31,41H,1-16H3. The fourth-order valence-electron chi connectivity index (χ4n) is 5.47. The second-order valence-electron chi connectivity index (χ2n) is 14.7. The summed E-state index contributed by atoms with van der Waals surface area (Å²) in [7, 11) is 0. The van der Waals surface area contributed by atoms with E-state index in [0.717, 1.165) is 30.7 Å². The van der Waals surface area contributed by atoms with Crippen LogP contribution in [0.2, 0.25) is 0 Å². The number of thioether (sulfide) groups is 8. The van der Waals surface area contributed by atoms with Crippen LogP contribution in [-0.2, 0) is 4.79 Å². The van der Waals surface area contributed by atoms with Gasteiger partial charge in [0.1, 0.15) is 11.7 Å². The Morgan fingerprint density at radius 3 is 0.960 bits per heavy atom. The molecule has 2 nitrogen and oxygen atoms in total. The van der Waals surface area contributed by atoms with E-state index in [1.807, 2.05) is 94.1 Å². The SMILES string of the molecule is CC(C)Sc1cc(SC(C)C)c(SC(C)C)c(C2=C(O)C(c3c(SC(C)C)c(SC(C)C)cc(SC(C)C)c3SC(C)C)C2=O)c1SC(C)C. The minimum Gasteiger partial charge on any atom is -0.510 e. The number of aliphatic hydroxyl groups is 1. The summed E-state index contributed by atoms with van der Waals surface area (Å²) in [5.41, 5.74) is 2.50. The summed E-state index contributed by atoms with van der Waals surface area (Å²) in [6, 6.07) is 4.74. The molecule has 0 aliphatic heterocycles. The molecule has 0 spiro atoms. The summed E-state index contributed by atoms with van der Waals surface area (Å²) in [5.74, 6) is -0.390. The van der Waals surface area contributed by atoms with Crippen molar-refractivity contribution in [3.05, 3.63) is 29.0 Å².